The maximum atomic E-state index is 5.73. The monoisotopic (exact) mass is 266 g/mol. The molecule has 19 heavy (non-hydrogen) atoms. The first kappa shape index (κ1) is 14.1. The highest BCUT2D eigenvalue weighted by Crippen LogP contribution is 2.17. The first-order valence-electron chi connectivity index (χ1n) is 6.62. The van der Waals surface area contributed by atoms with Crippen molar-refractivity contribution in [3.63, 3.8) is 0 Å². The highest BCUT2D eigenvalue weighted by atomic mass is 16.5. The van der Waals surface area contributed by atoms with Crippen LogP contribution in [-0.2, 0) is 4.74 Å². The normalized spacial score (nSPS) is 20.2. The predicted octanol–water partition coefficient (Wildman–Crippen LogP) is 0.734. The van der Waals surface area contributed by atoms with Gasteiger partial charge in [0.15, 0.2) is 0 Å². The molecular weight excluding hydrogens is 244 g/mol. The molecule has 0 aromatic heterocycles. The van der Waals surface area contributed by atoms with Gasteiger partial charge >= 0.3 is 0 Å². The van der Waals surface area contributed by atoms with Crippen molar-refractivity contribution in [2.75, 3.05) is 46.6 Å². The summed E-state index contributed by atoms with van der Waals surface area (Å²) in [5.74, 6) is 1.70. The van der Waals surface area contributed by atoms with Crippen LogP contribution in [0.15, 0.2) is 24.3 Å². The summed E-state index contributed by atoms with van der Waals surface area (Å²) in [6, 6.07) is 7.93. The lowest BCUT2D eigenvalue weighted by Gasteiger charge is -2.34. The lowest BCUT2D eigenvalue weighted by molar-refractivity contribution is -0.00859. The number of ether oxygens (including phenoxy) is 3. The van der Waals surface area contributed by atoms with Gasteiger partial charge in [0.2, 0.25) is 0 Å². The van der Waals surface area contributed by atoms with Crippen molar-refractivity contribution < 1.29 is 14.2 Å². The highest BCUT2D eigenvalue weighted by Gasteiger charge is 2.21. The molecule has 0 bridgehead atoms. The zero-order valence-electron chi connectivity index (χ0n) is 11.4. The lowest BCUT2D eigenvalue weighted by Crippen LogP contribution is -2.50. The van der Waals surface area contributed by atoms with Gasteiger partial charge in [0.25, 0.3) is 0 Å². The molecule has 0 amide bonds. The van der Waals surface area contributed by atoms with Crippen LogP contribution < -0.4 is 15.2 Å². The minimum Gasteiger partial charge on any atom is -0.497 e. The number of hydrogen-bond acceptors (Lipinski definition) is 5. The highest BCUT2D eigenvalue weighted by molar-refractivity contribution is 5.31. The van der Waals surface area contributed by atoms with Crippen molar-refractivity contribution in [3.05, 3.63) is 24.3 Å². The van der Waals surface area contributed by atoms with E-state index in [1.165, 1.54) is 0 Å². The summed E-state index contributed by atoms with van der Waals surface area (Å²) in [4.78, 5) is 2.33. The van der Waals surface area contributed by atoms with Gasteiger partial charge in [-0.05, 0) is 24.3 Å². The topological polar surface area (TPSA) is 57.0 Å². The molecule has 1 atom stereocenters. The van der Waals surface area contributed by atoms with Crippen molar-refractivity contribution in [1.29, 1.82) is 0 Å². The maximum Gasteiger partial charge on any atom is 0.119 e. The fourth-order valence-corrected chi connectivity index (χ4v) is 2.15. The average Bonchev–Trinajstić information content (AvgIpc) is 2.48. The third kappa shape index (κ3) is 4.09. The van der Waals surface area contributed by atoms with Crippen LogP contribution in [-0.4, -0.2) is 57.5 Å². The summed E-state index contributed by atoms with van der Waals surface area (Å²) < 4.78 is 16.2. The van der Waals surface area contributed by atoms with Crippen LogP contribution in [0, 0.1) is 0 Å². The number of nitrogens with two attached hydrogens (primary N) is 1. The van der Waals surface area contributed by atoms with Crippen molar-refractivity contribution in [3.8, 4) is 11.5 Å². The summed E-state index contributed by atoms with van der Waals surface area (Å²) >= 11 is 0. The molecule has 0 saturated carbocycles. The van der Waals surface area contributed by atoms with E-state index in [4.69, 9.17) is 19.9 Å². The number of benzene rings is 1. The number of methoxy groups -OCH3 is 1. The molecule has 106 valence electrons. The molecule has 1 saturated heterocycles. The van der Waals surface area contributed by atoms with Gasteiger partial charge in [-0.25, -0.2) is 0 Å². The predicted molar refractivity (Wildman–Crippen MR) is 73.7 cm³/mol. The fraction of sp³-hybridized carbons (Fsp3) is 0.571. The van der Waals surface area contributed by atoms with Crippen LogP contribution in [0.25, 0.3) is 0 Å². The molecule has 1 aromatic rings. The Labute approximate surface area is 114 Å². The Kier molecular flexibility index (Phi) is 5.44. The molecule has 2 N–H and O–H groups in total. The third-order valence-corrected chi connectivity index (χ3v) is 3.33. The molecule has 1 fully saturated rings. The van der Waals surface area contributed by atoms with Crippen molar-refractivity contribution in [2.45, 2.75) is 6.04 Å². The largest absolute Gasteiger partial charge is 0.497 e. The lowest BCUT2D eigenvalue weighted by atomic mass is 10.2. The smallest absolute Gasteiger partial charge is 0.119 e. The van der Waals surface area contributed by atoms with Crippen molar-refractivity contribution in [1.82, 2.24) is 4.90 Å². The molecule has 0 radical (unpaired) electrons. The Morgan fingerprint density at radius 2 is 2.05 bits per heavy atom. The second-order valence-electron chi connectivity index (χ2n) is 4.52. The van der Waals surface area contributed by atoms with Crippen LogP contribution in [0.1, 0.15) is 0 Å². The van der Waals surface area contributed by atoms with E-state index in [0.717, 1.165) is 37.8 Å². The molecular formula is C14H22N2O3. The van der Waals surface area contributed by atoms with Gasteiger partial charge in [0.05, 0.1) is 20.3 Å². The van der Waals surface area contributed by atoms with Gasteiger partial charge in [-0.15, -0.1) is 0 Å². The summed E-state index contributed by atoms with van der Waals surface area (Å²) in [7, 11) is 1.65. The van der Waals surface area contributed by atoms with Crippen molar-refractivity contribution >= 4 is 0 Å². The van der Waals surface area contributed by atoms with E-state index in [9.17, 15) is 0 Å². The molecule has 1 heterocycles. The Balaban J connectivity index is 1.75. The molecule has 1 aromatic carbocycles. The number of morpholine rings is 1. The van der Waals surface area contributed by atoms with Crippen LogP contribution in [0.3, 0.4) is 0 Å². The van der Waals surface area contributed by atoms with Crippen molar-refractivity contribution in [2.24, 2.45) is 5.73 Å². The fourth-order valence-electron chi connectivity index (χ4n) is 2.15. The van der Waals surface area contributed by atoms with E-state index >= 15 is 0 Å². The van der Waals surface area contributed by atoms with E-state index < -0.39 is 0 Å². The Hall–Kier alpha value is -1.30. The van der Waals surface area contributed by atoms with E-state index in [-0.39, 0.29) is 0 Å². The third-order valence-electron chi connectivity index (χ3n) is 3.33. The molecule has 2 rings (SSSR count). The molecule has 1 aliphatic rings. The Morgan fingerprint density at radius 1 is 1.32 bits per heavy atom. The second-order valence-corrected chi connectivity index (χ2v) is 4.52. The van der Waals surface area contributed by atoms with Gasteiger partial charge in [-0.2, -0.15) is 0 Å². The van der Waals surface area contributed by atoms with Gasteiger partial charge in [-0.1, -0.05) is 0 Å². The SMILES string of the molecule is COc1ccc(OCCN2CCOCC2CN)cc1. The van der Waals surface area contributed by atoms with Gasteiger partial charge in [0.1, 0.15) is 18.1 Å². The molecule has 5 nitrogen and oxygen atoms in total. The average molecular weight is 266 g/mol. The van der Waals surface area contributed by atoms with Gasteiger partial charge < -0.3 is 19.9 Å². The van der Waals surface area contributed by atoms with Gasteiger partial charge in [0, 0.05) is 25.7 Å². The second kappa shape index (κ2) is 7.33. The molecule has 1 unspecified atom stereocenters. The molecule has 1 aliphatic heterocycles. The van der Waals surface area contributed by atoms with Gasteiger partial charge in [-0.3, -0.25) is 4.90 Å². The molecule has 5 heteroatoms. The molecule has 0 aliphatic carbocycles. The number of rotatable bonds is 6. The zero-order valence-corrected chi connectivity index (χ0v) is 11.4. The summed E-state index contributed by atoms with van der Waals surface area (Å²) in [6.45, 7) is 4.58. The first-order valence-corrected chi connectivity index (χ1v) is 6.62. The minimum absolute atomic E-state index is 0.313. The minimum atomic E-state index is 0.313. The van der Waals surface area contributed by atoms with E-state index in [2.05, 4.69) is 4.90 Å². The summed E-state index contributed by atoms with van der Waals surface area (Å²) in [6.07, 6.45) is 0. The van der Waals surface area contributed by atoms with E-state index in [0.29, 0.717) is 19.2 Å². The van der Waals surface area contributed by atoms with Crippen LogP contribution >= 0.6 is 0 Å². The Bertz CT molecular complexity index is 369. The standard InChI is InChI=1S/C14H22N2O3/c1-17-13-2-4-14(5-3-13)19-9-7-16-6-8-18-11-12(16)10-15/h2-5,12H,6-11,15H2,1H3. The molecule has 0 spiro atoms. The summed E-state index contributed by atoms with van der Waals surface area (Å²) in [5.41, 5.74) is 5.73. The first-order chi connectivity index (χ1) is 9.33. The maximum absolute atomic E-state index is 5.73. The summed E-state index contributed by atoms with van der Waals surface area (Å²) in [5, 5.41) is 0. The Morgan fingerprint density at radius 3 is 2.74 bits per heavy atom. The van der Waals surface area contributed by atoms with Crippen LogP contribution in [0.2, 0.25) is 0 Å². The number of hydrogen-bond donors (Lipinski definition) is 1. The quantitative estimate of drug-likeness (QED) is 0.823. The van der Waals surface area contributed by atoms with Crippen LogP contribution in [0.5, 0.6) is 11.5 Å². The van der Waals surface area contributed by atoms with E-state index in [1.54, 1.807) is 7.11 Å². The van der Waals surface area contributed by atoms with E-state index in [1.807, 2.05) is 24.3 Å². The number of nitrogens with zero attached hydrogens (tertiary/aromatic N) is 1. The zero-order chi connectivity index (χ0) is 13.5. The van der Waals surface area contributed by atoms with Crippen LogP contribution in [0.4, 0.5) is 0 Å².